The summed E-state index contributed by atoms with van der Waals surface area (Å²) in [7, 11) is 1.69. The Bertz CT molecular complexity index is 610. The number of piperidine rings is 1. The molecule has 0 aliphatic carbocycles. The van der Waals surface area contributed by atoms with Crippen LogP contribution < -0.4 is 16.0 Å². The van der Waals surface area contributed by atoms with Crippen LogP contribution in [0.2, 0.25) is 0 Å². The third-order valence-corrected chi connectivity index (χ3v) is 5.50. The predicted molar refractivity (Wildman–Crippen MR) is 110 cm³/mol. The van der Waals surface area contributed by atoms with E-state index in [2.05, 4.69) is 27.8 Å². The van der Waals surface area contributed by atoms with Crippen LogP contribution in [-0.4, -0.2) is 62.4 Å². The first-order valence-corrected chi connectivity index (χ1v) is 10.6. The quantitative estimate of drug-likeness (QED) is 0.356. The van der Waals surface area contributed by atoms with Crippen molar-refractivity contribution in [3.05, 3.63) is 22.4 Å². The zero-order valence-corrected chi connectivity index (χ0v) is 17.1. The van der Waals surface area contributed by atoms with Crippen molar-refractivity contribution in [2.45, 2.75) is 32.6 Å². The molecule has 0 spiro atoms. The van der Waals surface area contributed by atoms with Gasteiger partial charge in [-0.05, 0) is 43.6 Å². The van der Waals surface area contributed by atoms with Crippen LogP contribution in [0, 0.1) is 5.92 Å². The second kappa shape index (κ2) is 11.6. The highest BCUT2D eigenvalue weighted by Crippen LogP contribution is 2.20. The molecule has 0 unspecified atom stereocenters. The minimum atomic E-state index is -0.0147. The van der Waals surface area contributed by atoms with Gasteiger partial charge in [0, 0.05) is 46.2 Å². The second-order valence-electron chi connectivity index (χ2n) is 6.63. The normalized spacial score (nSPS) is 15.5. The lowest BCUT2D eigenvalue weighted by Gasteiger charge is -2.34. The van der Waals surface area contributed by atoms with Crippen LogP contribution in [0.4, 0.5) is 0 Å². The highest BCUT2D eigenvalue weighted by atomic mass is 32.1. The number of thiophene rings is 1. The van der Waals surface area contributed by atoms with E-state index in [1.807, 2.05) is 17.5 Å². The number of aliphatic imine (C=N–C) groups is 1. The summed E-state index contributed by atoms with van der Waals surface area (Å²) in [6.07, 6.45) is 3.44. The van der Waals surface area contributed by atoms with E-state index in [1.165, 1.54) is 11.3 Å². The van der Waals surface area contributed by atoms with Crippen molar-refractivity contribution in [2.24, 2.45) is 10.9 Å². The molecule has 2 heterocycles. The van der Waals surface area contributed by atoms with Gasteiger partial charge in [-0.1, -0.05) is 6.07 Å². The number of rotatable bonds is 8. The van der Waals surface area contributed by atoms with Crippen molar-refractivity contribution in [2.75, 3.05) is 39.8 Å². The molecule has 0 bridgehead atoms. The van der Waals surface area contributed by atoms with E-state index in [1.54, 1.807) is 7.05 Å². The van der Waals surface area contributed by atoms with E-state index in [0.717, 1.165) is 49.7 Å². The fourth-order valence-corrected chi connectivity index (χ4v) is 3.74. The highest BCUT2D eigenvalue weighted by Gasteiger charge is 2.22. The van der Waals surface area contributed by atoms with Gasteiger partial charge in [0.15, 0.2) is 5.96 Å². The number of hydrogen-bond donors (Lipinski definition) is 3. The summed E-state index contributed by atoms with van der Waals surface area (Å²) in [5.41, 5.74) is 0. The molecule has 0 radical (unpaired) electrons. The third kappa shape index (κ3) is 7.21. The molecule has 7 nitrogen and oxygen atoms in total. The summed E-state index contributed by atoms with van der Waals surface area (Å²) >= 11 is 1.45. The Labute approximate surface area is 165 Å². The highest BCUT2D eigenvalue weighted by molar-refractivity contribution is 7.12. The van der Waals surface area contributed by atoms with Gasteiger partial charge >= 0.3 is 0 Å². The maximum absolute atomic E-state index is 11.9. The molecule has 0 saturated carbocycles. The number of carbonyl (C=O) groups is 2. The SMILES string of the molecule is CCNC(=NCCCNC(=O)c1cccs1)N1CCC(CC(=O)NC)CC1. The molecule has 2 rings (SSSR count). The van der Waals surface area contributed by atoms with E-state index in [-0.39, 0.29) is 11.8 Å². The minimum absolute atomic E-state index is 0.0147. The summed E-state index contributed by atoms with van der Waals surface area (Å²) < 4.78 is 0. The van der Waals surface area contributed by atoms with Crippen LogP contribution in [0.15, 0.2) is 22.5 Å². The molecule has 150 valence electrons. The number of carbonyl (C=O) groups excluding carboxylic acids is 2. The van der Waals surface area contributed by atoms with Crippen molar-refractivity contribution in [1.82, 2.24) is 20.9 Å². The van der Waals surface area contributed by atoms with Gasteiger partial charge in [0.1, 0.15) is 0 Å². The lowest BCUT2D eigenvalue weighted by atomic mass is 9.93. The Hall–Kier alpha value is -2.09. The van der Waals surface area contributed by atoms with Gasteiger partial charge in [-0.2, -0.15) is 0 Å². The molecule has 8 heteroatoms. The zero-order valence-electron chi connectivity index (χ0n) is 16.3. The fourth-order valence-electron chi connectivity index (χ4n) is 3.10. The Morgan fingerprint density at radius 2 is 2.07 bits per heavy atom. The van der Waals surface area contributed by atoms with Crippen LogP contribution in [0.5, 0.6) is 0 Å². The van der Waals surface area contributed by atoms with Crippen molar-refractivity contribution in [3.63, 3.8) is 0 Å². The number of nitrogens with one attached hydrogen (secondary N) is 3. The summed E-state index contributed by atoms with van der Waals surface area (Å²) in [5.74, 6) is 1.50. The molecule has 0 atom stereocenters. The predicted octanol–water partition coefficient (Wildman–Crippen LogP) is 1.68. The topological polar surface area (TPSA) is 85.8 Å². The van der Waals surface area contributed by atoms with Crippen molar-refractivity contribution >= 4 is 29.1 Å². The molecular weight excluding hydrogens is 362 g/mol. The first kappa shape index (κ1) is 21.2. The third-order valence-electron chi connectivity index (χ3n) is 4.63. The lowest BCUT2D eigenvalue weighted by molar-refractivity contribution is -0.121. The second-order valence-corrected chi connectivity index (χ2v) is 7.58. The number of amides is 2. The van der Waals surface area contributed by atoms with Gasteiger partial charge in [-0.15, -0.1) is 11.3 Å². The van der Waals surface area contributed by atoms with E-state index in [9.17, 15) is 9.59 Å². The van der Waals surface area contributed by atoms with Crippen LogP contribution in [0.1, 0.15) is 42.3 Å². The summed E-state index contributed by atoms with van der Waals surface area (Å²) in [6, 6.07) is 3.71. The van der Waals surface area contributed by atoms with E-state index in [4.69, 9.17) is 4.99 Å². The van der Waals surface area contributed by atoms with Crippen LogP contribution in [-0.2, 0) is 4.79 Å². The Kier molecular flexibility index (Phi) is 9.10. The number of hydrogen-bond acceptors (Lipinski definition) is 4. The Balaban J connectivity index is 1.72. The van der Waals surface area contributed by atoms with Crippen LogP contribution in [0.3, 0.4) is 0 Å². The monoisotopic (exact) mass is 393 g/mol. The molecule has 0 aromatic carbocycles. The van der Waals surface area contributed by atoms with Crippen molar-refractivity contribution in [1.29, 1.82) is 0 Å². The van der Waals surface area contributed by atoms with Crippen LogP contribution >= 0.6 is 11.3 Å². The average molecular weight is 394 g/mol. The Morgan fingerprint density at radius 1 is 1.30 bits per heavy atom. The molecule has 1 saturated heterocycles. The standard InChI is InChI=1S/C19H31N5O2S/c1-3-21-19(24-11-7-15(8-12-24)14-17(25)20-2)23-10-5-9-22-18(26)16-6-4-13-27-16/h4,6,13,15H,3,5,7-12,14H2,1-2H3,(H,20,25)(H,21,23)(H,22,26). The largest absolute Gasteiger partial charge is 0.359 e. The first-order chi connectivity index (χ1) is 13.1. The molecule has 1 aromatic rings. The van der Waals surface area contributed by atoms with Gasteiger partial charge in [-0.25, -0.2) is 0 Å². The molecule has 1 aromatic heterocycles. The van der Waals surface area contributed by atoms with Crippen LogP contribution in [0.25, 0.3) is 0 Å². The smallest absolute Gasteiger partial charge is 0.261 e. The molecular formula is C19H31N5O2S. The van der Waals surface area contributed by atoms with Gasteiger partial charge in [0.2, 0.25) is 5.91 Å². The van der Waals surface area contributed by atoms with Gasteiger partial charge < -0.3 is 20.9 Å². The summed E-state index contributed by atoms with van der Waals surface area (Å²) in [5, 5.41) is 10.9. The number of likely N-dealkylation sites (tertiary alicyclic amines) is 1. The molecule has 27 heavy (non-hydrogen) atoms. The molecule has 1 fully saturated rings. The lowest BCUT2D eigenvalue weighted by Crippen LogP contribution is -2.46. The first-order valence-electron chi connectivity index (χ1n) is 9.69. The molecule has 2 amide bonds. The van der Waals surface area contributed by atoms with Gasteiger partial charge in [0.25, 0.3) is 5.91 Å². The molecule has 3 N–H and O–H groups in total. The van der Waals surface area contributed by atoms with Gasteiger partial charge in [-0.3, -0.25) is 14.6 Å². The summed E-state index contributed by atoms with van der Waals surface area (Å²) in [6.45, 7) is 6.02. The summed E-state index contributed by atoms with van der Waals surface area (Å²) in [4.78, 5) is 31.1. The molecule has 1 aliphatic rings. The average Bonchev–Trinajstić information content (AvgIpc) is 3.22. The van der Waals surface area contributed by atoms with E-state index >= 15 is 0 Å². The minimum Gasteiger partial charge on any atom is -0.359 e. The number of nitrogens with zero attached hydrogens (tertiary/aromatic N) is 2. The van der Waals surface area contributed by atoms with Gasteiger partial charge in [0.05, 0.1) is 4.88 Å². The maximum Gasteiger partial charge on any atom is 0.261 e. The maximum atomic E-state index is 11.9. The number of guanidine groups is 1. The van der Waals surface area contributed by atoms with E-state index < -0.39 is 0 Å². The fraction of sp³-hybridized carbons (Fsp3) is 0.632. The van der Waals surface area contributed by atoms with Crippen molar-refractivity contribution in [3.8, 4) is 0 Å². The molecule has 1 aliphatic heterocycles. The zero-order chi connectivity index (χ0) is 19.5. The van der Waals surface area contributed by atoms with Crippen molar-refractivity contribution < 1.29 is 9.59 Å². The Morgan fingerprint density at radius 3 is 2.70 bits per heavy atom. The van der Waals surface area contributed by atoms with E-state index in [0.29, 0.717) is 25.4 Å².